The number of carbonyl (C=O) groups is 1. The number of nitrogens with zero attached hydrogens (tertiary/aromatic N) is 3. The molecular weight excluding hydrogens is 441 g/mol. The predicted molar refractivity (Wildman–Crippen MR) is 119 cm³/mol. The van der Waals surface area contributed by atoms with Gasteiger partial charge in [-0.15, -0.1) is 24.0 Å². The molecule has 0 aromatic rings. The van der Waals surface area contributed by atoms with Crippen molar-refractivity contribution in [3.8, 4) is 0 Å². The smallest absolute Gasteiger partial charge is 0.225 e. The monoisotopic (exact) mass is 479 g/mol. The van der Waals surface area contributed by atoms with Gasteiger partial charge in [0.05, 0.1) is 0 Å². The van der Waals surface area contributed by atoms with Crippen LogP contribution in [0.15, 0.2) is 4.99 Å². The molecule has 7 heteroatoms. The van der Waals surface area contributed by atoms with Crippen LogP contribution in [0.5, 0.6) is 0 Å². The number of nitrogens with one attached hydrogen (secondary N) is 2. The lowest BCUT2D eigenvalue weighted by atomic mass is 10.1. The Kier molecular flexibility index (Phi) is 11.5. The van der Waals surface area contributed by atoms with Gasteiger partial charge < -0.3 is 20.4 Å². The summed E-state index contributed by atoms with van der Waals surface area (Å²) in [7, 11) is 1.82. The van der Waals surface area contributed by atoms with E-state index in [0.29, 0.717) is 11.9 Å². The summed E-state index contributed by atoms with van der Waals surface area (Å²) in [6, 6.07) is 0.319. The van der Waals surface area contributed by atoms with E-state index >= 15 is 0 Å². The van der Waals surface area contributed by atoms with Crippen molar-refractivity contribution in [3.05, 3.63) is 0 Å². The third-order valence-electron chi connectivity index (χ3n) is 5.61. The third-order valence-corrected chi connectivity index (χ3v) is 5.61. The van der Waals surface area contributed by atoms with Crippen molar-refractivity contribution in [1.29, 1.82) is 0 Å². The van der Waals surface area contributed by atoms with E-state index < -0.39 is 0 Å². The third kappa shape index (κ3) is 7.21. The summed E-state index contributed by atoms with van der Waals surface area (Å²) in [6.07, 6.45) is 6.73. The molecule has 6 nitrogen and oxygen atoms in total. The fourth-order valence-corrected chi connectivity index (χ4v) is 3.95. The van der Waals surface area contributed by atoms with Crippen molar-refractivity contribution < 1.29 is 4.79 Å². The van der Waals surface area contributed by atoms with Crippen LogP contribution < -0.4 is 10.6 Å². The number of hydrogen-bond donors (Lipinski definition) is 2. The Bertz CT molecular complexity index is 436. The van der Waals surface area contributed by atoms with Gasteiger partial charge in [0.2, 0.25) is 5.91 Å². The average Bonchev–Trinajstić information content (AvgIpc) is 3.32. The first kappa shape index (κ1) is 23.5. The molecule has 1 amide bonds. The summed E-state index contributed by atoms with van der Waals surface area (Å²) in [5.74, 6) is 1.53. The van der Waals surface area contributed by atoms with Gasteiger partial charge >= 0.3 is 0 Å². The van der Waals surface area contributed by atoms with Crippen molar-refractivity contribution in [2.45, 2.75) is 58.4 Å². The molecule has 2 fully saturated rings. The van der Waals surface area contributed by atoms with E-state index in [0.717, 1.165) is 70.9 Å². The molecule has 1 saturated heterocycles. The number of hydrogen-bond acceptors (Lipinski definition) is 3. The van der Waals surface area contributed by atoms with Crippen molar-refractivity contribution >= 4 is 35.8 Å². The minimum atomic E-state index is 0. The van der Waals surface area contributed by atoms with Crippen LogP contribution in [0.2, 0.25) is 0 Å². The van der Waals surface area contributed by atoms with Gasteiger partial charge in [-0.25, -0.2) is 0 Å². The number of amides is 1. The molecular formula is C19H38IN5O. The van der Waals surface area contributed by atoms with Crippen LogP contribution >= 0.6 is 24.0 Å². The largest absolute Gasteiger partial charge is 0.356 e. The summed E-state index contributed by atoms with van der Waals surface area (Å²) < 4.78 is 0. The molecule has 2 aliphatic rings. The second-order valence-corrected chi connectivity index (χ2v) is 7.27. The van der Waals surface area contributed by atoms with E-state index in [1.807, 2.05) is 7.05 Å². The molecule has 26 heavy (non-hydrogen) atoms. The topological polar surface area (TPSA) is 60.0 Å². The van der Waals surface area contributed by atoms with Gasteiger partial charge in [-0.2, -0.15) is 0 Å². The molecule has 152 valence electrons. The molecule has 0 aromatic heterocycles. The summed E-state index contributed by atoms with van der Waals surface area (Å²) in [4.78, 5) is 21.3. The number of guanidine groups is 1. The van der Waals surface area contributed by atoms with Crippen LogP contribution in [0.3, 0.4) is 0 Å². The lowest BCUT2D eigenvalue weighted by molar-refractivity contribution is -0.134. The Labute approximate surface area is 176 Å². The first-order chi connectivity index (χ1) is 12.2. The highest BCUT2D eigenvalue weighted by molar-refractivity contribution is 14.0. The van der Waals surface area contributed by atoms with E-state index in [2.05, 4.69) is 39.3 Å². The quantitative estimate of drug-likeness (QED) is 0.243. The van der Waals surface area contributed by atoms with Gasteiger partial charge in [-0.3, -0.25) is 9.79 Å². The molecule has 2 rings (SSSR count). The Morgan fingerprint density at radius 2 is 1.88 bits per heavy atom. The molecule has 1 aliphatic heterocycles. The number of rotatable bonds is 8. The summed E-state index contributed by atoms with van der Waals surface area (Å²) >= 11 is 0. The maximum Gasteiger partial charge on any atom is 0.225 e. The van der Waals surface area contributed by atoms with E-state index in [1.54, 1.807) is 0 Å². The van der Waals surface area contributed by atoms with Gasteiger partial charge in [-0.1, -0.05) is 26.7 Å². The second kappa shape index (κ2) is 12.8. The minimum absolute atomic E-state index is 0. The zero-order chi connectivity index (χ0) is 18.1. The Morgan fingerprint density at radius 1 is 1.19 bits per heavy atom. The molecule has 0 bridgehead atoms. The molecule has 0 radical (unpaired) electrons. The molecule has 1 aliphatic carbocycles. The minimum Gasteiger partial charge on any atom is -0.356 e. The summed E-state index contributed by atoms with van der Waals surface area (Å²) in [5, 5.41) is 6.90. The van der Waals surface area contributed by atoms with Gasteiger partial charge in [0.15, 0.2) is 5.96 Å². The normalized spacial score (nSPS) is 21.2. The molecule has 1 saturated carbocycles. The van der Waals surface area contributed by atoms with E-state index in [-0.39, 0.29) is 29.9 Å². The zero-order valence-electron chi connectivity index (χ0n) is 16.8. The molecule has 1 atom stereocenters. The lowest BCUT2D eigenvalue weighted by Crippen LogP contribution is -2.46. The number of carbonyl (C=O) groups excluding carboxylic acids is 1. The first-order valence-corrected chi connectivity index (χ1v) is 10.2. The molecule has 2 N–H and O–H groups in total. The highest BCUT2D eigenvalue weighted by atomic mass is 127. The van der Waals surface area contributed by atoms with E-state index in [4.69, 9.17) is 0 Å². The van der Waals surface area contributed by atoms with Gasteiger partial charge in [0, 0.05) is 38.6 Å². The van der Waals surface area contributed by atoms with Crippen molar-refractivity contribution in [2.75, 3.05) is 46.3 Å². The zero-order valence-corrected chi connectivity index (χ0v) is 19.1. The molecule has 1 heterocycles. The van der Waals surface area contributed by atoms with Crippen LogP contribution in [0.4, 0.5) is 0 Å². The second-order valence-electron chi connectivity index (χ2n) is 7.27. The van der Waals surface area contributed by atoms with Crippen molar-refractivity contribution in [1.82, 2.24) is 20.4 Å². The molecule has 0 spiro atoms. The summed E-state index contributed by atoms with van der Waals surface area (Å²) in [5.41, 5.74) is 0. The highest BCUT2D eigenvalue weighted by Gasteiger charge is 2.32. The van der Waals surface area contributed by atoms with Gasteiger partial charge in [-0.05, 0) is 45.3 Å². The van der Waals surface area contributed by atoms with Crippen LogP contribution in [-0.2, 0) is 4.79 Å². The van der Waals surface area contributed by atoms with Gasteiger partial charge in [0.1, 0.15) is 0 Å². The van der Waals surface area contributed by atoms with Gasteiger partial charge in [0.25, 0.3) is 0 Å². The van der Waals surface area contributed by atoms with Crippen molar-refractivity contribution in [2.24, 2.45) is 10.9 Å². The Hall–Kier alpha value is -0.570. The highest BCUT2D eigenvalue weighted by Crippen LogP contribution is 2.27. The summed E-state index contributed by atoms with van der Waals surface area (Å²) in [6.45, 7) is 10.4. The number of aliphatic imine (C=N–C) groups is 1. The van der Waals surface area contributed by atoms with Crippen LogP contribution in [0, 0.1) is 5.92 Å². The Morgan fingerprint density at radius 3 is 2.50 bits per heavy atom. The Balaban J connectivity index is 0.00000338. The van der Waals surface area contributed by atoms with Crippen LogP contribution in [-0.4, -0.2) is 74.0 Å². The maximum absolute atomic E-state index is 12.5. The first-order valence-electron chi connectivity index (χ1n) is 10.2. The van der Waals surface area contributed by atoms with Crippen molar-refractivity contribution in [3.63, 3.8) is 0 Å². The van der Waals surface area contributed by atoms with E-state index in [1.165, 1.54) is 12.8 Å². The fourth-order valence-electron chi connectivity index (χ4n) is 3.95. The lowest BCUT2D eigenvalue weighted by Gasteiger charge is -2.22. The number of halogens is 1. The average molecular weight is 479 g/mol. The SMILES string of the molecule is CCN(CC)CCCNC(=NC)NC1CCN(C(=O)C2CCCC2)C1.I. The van der Waals surface area contributed by atoms with E-state index in [9.17, 15) is 4.79 Å². The standard InChI is InChI=1S/C19H37N5O.HI/c1-4-23(5-2)13-8-12-21-19(20-3)22-17-11-14-24(15-17)18(25)16-9-6-7-10-16;/h16-17H,4-15H2,1-3H3,(H2,20,21,22);1H. The molecule has 0 aromatic carbocycles. The predicted octanol–water partition coefficient (Wildman–Crippen LogP) is 2.29. The molecule has 1 unspecified atom stereocenters. The van der Waals surface area contributed by atoms with Crippen LogP contribution in [0.1, 0.15) is 52.4 Å². The number of likely N-dealkylation sites (tertiary alicyclic amines) is 1. The fraction of sp³-hybridized carbons (Fsp3) is 0.895. The van der Waals surface area contributed by atoms with Crippen LogP contribution in [0.25, 0.3) is 0 Å². The maximum atomic E-state index is 12.5.